The number of nitrogens with one attached hydrogen (secondary N) is 1. The van der Waals surface area contributed by atoms with E-state index in [0.717, 1.165) is 38.8 Å². The van der Waals surface area contributed by atoms with Crippen molar-refractivity contribution in [2.75, 3.05) is 13.1 Å². The Morgan fingerprint density at radius 2 is 2.15 bits per heavy atom. The third kappa shape index (κ3) is 5.09. The van der Waals surface area contributed by atoms with Gasteiger partial charge >= 0.3 is 0 Å². The average molecular weight is 273 g/mol. The average Bonchev–Trinajstić information content (AvgIpc) is 2.49. The van der Waals surface area contributed by atoms with Gasteiger partial charge < -0.3 is 5.32 Å². The zero-order chi connectivity index (χ0) is 14.2. The summed E-state index contributed by atoms with van der Waals surface area (Å²) in [5.74, 6) is 1.67. The second-order valence-corrected chi connectivity index (χ2v) is 6.17. The van der Waals surface area contributed by atoms with E-state index in [2.05, 4.69) is 36.5 Å². The topological polar surface area (TPSA) is 29.1 Å². The highest BCUT2D eigenvalue weighted by atomic mass is 16.1. The molecule has 2 heteroatoms. The van der Waals surface area contributed by atoms with Crippen LogP contribution in [0.3, 0.4) is 0 Å². The number of Topliss-reactive ketones (excluding diaryl/α,β-unsaturated/α-hetero) is 1. The minimum Gasteiger partial charge on any atom is -0.316 e. The Labute approximate surface area is 123 Å². The fraction of sp³-hybridized carbons (Fsp3) is 0.611. The van der Waals surface area contributed by atoms with Gasteiger partial charge in [0.15, 0.2) is 0 Å². The fourth-order valence-corrected chi connectivity index (χ4v) is 3.13. The van der Waals surface area contributed by atoms with E-state index in [4.69, 9.17) is 0 Å². The highest BCUT2D eigenvalue weighted by molar-refractivity contribution is 5.78. The van der Waals surface area contributed by atoms with Crippen molar-refractivity contribution in [2.24, 2.45) is 11.8 Å². The first kappa shape index (κ1) is 15.2. The summed E-state index contributed by atoms with van der Waals surface area (Å²) in [5, 5.41) is 3.44. The summed E-state index contributed by atoms with van der Waals surface area (Å²) < 4.78 is 0. The smallest absolute Gasteiger partial charge is 0.133 e. The van der Waals surface area contributed by atoms with E-state index in [1.807, 2.05) is 6.07 Å². The number of aryl methyl sites for hydroxylation is 1. The third-order valence-corrected chi connectivity index (χ3v) is 4.45. The minimum atomic E-state index is 0.444. The number of piperidine rings is 1. The Morgan fingerprint density at radius 3 is 2.85 bits per heavy atom. The van der Waals surface area contributed by atoms with E-state index >= 15 is 0 Å². The first-order valence-electron chi connectivity index (χ1n) is 8.02. The van der Waals surface area contributed by atoms with Crippen LogP contribution in [0.1, 0.15) is 44.6 Å². The van der Waals surface area contributed by atoms with E-state index in [1.54, 1.807) is 0 Å². The van der Waals surface area contributed by atoms with E-state index in [-0.39, 0.29) is 0 Å². The zero-order valence-electron chi connectivity index (χ0n) is 12.6. The van der Waals surface area contributed by atoms with Crippen LogP contribution in [0, 0.1) is 11.8 Å². The molecule has 0 saturated carbocycles. The molecule has 2 rings (SSSR count). The molecule has 0 spiro atoms. The van der Waals surface area contributed by atoms with Gasteiger partial charge in [0.1, 0.15) is 5.78 Å². The summed E-state index contributed by atoms with van der Waals surface area (Å²) in [5.41, 5.74) is 1.34. The quantitative estimate of drug-likeness (QED) is 0.822. The molecule has 1 aromatic rings. The number of rotatable bonds is 7. The van der Waals surface area contributed by atoms with Gasteiger partial charge in [-0.25, -0.2) is 0 Å². The van der Waals surface area contributed by atoms with Crippen LogP contribution in [0.15, 0.2) is 30.3 Å². The van der Waals surface area contributed by atoms with Crippen LogP contribution in [0.4, 0.5) is 0 Å². The standard InChI is InChI=1S/C18H27NO/c1-15(17-10-6-12-19-14-17)13-18(20)11-5-9-16-7-3-2-4-8-16/h2-4,7-8,15,17,19H,5-6,9-14H2,1H3. The minimum absolute atomic E-state index is 0.444. The molecule has 110 valence electrons. The number of ketones is 1. The number of carbonyl (C=O) groups is 1. The summed E-state index contributed by atoms with van der Waals surface area (Å²) in [4.78, 5) is 12.1. The highest BCUT2D eigenvalue weighted by Gasteiger charge is 2.21. The van der Waals surface area contributed by atoms with Crippen LogP contribution in [-0.4, -0.2) is 18.9 Å². The highest BCUT2D eigenvalue weighted by Crippen LogP contribution is 2.23. The van der Waals surface area contributed by atoms with Crippen LogP contribution in [0.2, 0.25) is 0 Å². The maximum Gasteiger partial charge on any atom is 0.133 e. The summed E-state index contributed by atoms with van der Waals surface area (Å²) in [7, 11) is 0. The van der Waals surface area contributed by atoms with Gasteiger partial charge in [-0.05, 0) is 56.2 Å². The molecule has 0 aromatic heterocycles. The predicted octanol–water partition coefficient (Wildman–Crippen LogP) is 3.60. The van der Waals surface area contributed by atoms with Gasteiger partial charge in [0.05, 0.1) is 0 Å². The normalized spacial score (nSPS) is 20.6. The lowest BCUT2D eigenvalue weighted by molar-refractivity contribution is -0.120. The van der Waals surface area contributed by atoms with Crippen molar-refractivity contribution in [3.63, 3.8) is 0 Å². The van der Waals surface area contributed by atoms with Crippen LogP contribution < -0.4 is 5.32 Å². The first-order valence-corrected chi connectivity index (χ1v) is 8.02. The van der Waals surface area contributed by atoms with Crippen molar-refractivity contribution in [1.82, 2.24) is 5.32 Å². The monoisotopic (exact) mass is 273 g/mol. The lowest BCUT2D eigenvalue weighted by atomic mass is 9.84. The molecule has 1 fully saturated rings. The Balaban J connectivity index is 1.64. The number of carbonyl (C=O) groups excluding carboxylic acids is 1. The van der Waals surface area contributed by atoms with Crippen LogP contribution >= 0.6 is 0 Å². The maximum absolute atomic E-state index is 12.1. The van der Waals surface area contributed by atoms with E-state index in [9.17, 15) is 4.79 Å². The molecule has 20 heavy (non-hydrogen) atoms. The fourth-order valence-electron chi connectivity index (χ4n) is 3.13. The molecule has 1 aliphatic heterocycles. The molecule has 0 aliphatic carbocycles. The molecule has 0 radical (unpaired) electrons. The van der Waals surface area contributed by atoms with Crippen LogP contribution in [-0.2, 0) is 11.2 Å². The molecular formula is C18H27NO. The molecule has 1 aliphatic rings. The van der Waals surface area contributed by atoms with Crippen molar-refractivity contribution in [1.29, 1.82) is 0 Å². The van der Waals surface area contributed by atoms with Gasteiger partial charge in [-0.15, -0.1) is 0 Å². The lowest BCUT2D eigenvalue weighted by Crippen LogP contribution is -2.33. The Kier molecular flexibility index (Phi) is 6.25. The molecule has 1 aromatic carbocycles. The van der Waals surface area contributed by atoms with Gasteiger partial charge in [0.2, 0.25) is 0 Å². The predicted molar refractivity (Wildman–Crippen MR) is 83.8 cm³/mol. The van der Waals surface area contributed by atoms with Crippen LogP contribution in [0.25, 0.3) is 0 Å². The van der Waals surface area contributed by atoms with E-state index < -0.39 is 0 Å². The molecular weight excluding hydrogens is 246 g/mol. The van der Waals surface area contributed by atoms with Crippen molar-refractivity contribution in [2.45, 2.75) is 45.4 Å². The number of hydrogen-bond donors (Lipinski definition) is 1. The SMILES string of the molecule is CC(CC(=O)CCCc1ccccc1)C1CCCNC1. The van der Waals surface area contributed by atoms with Gasteiger partial charge in [-0.3, -0.25) is 4.79 Å². The van der Waals surface area contributed by atoms with Crippen molar-refractivity contribution in [3.8, 4) is 0 Å². The van der Waals surface area contributed by atoms with Crippen molar-refractivity contribution in [3.05, 3.63) is 35.9 Å². The third-order valence-electron chi connectivity index (χ3n) is 4.45. The van der Waals surface area contributed by atoms with Gasteiger partial charge in [-0.1, -0.05) is 37.3 Å². The number of hydrogen-bond acceptors (Lipinski definition) is 2. The summed E-state index contributed by atoms with van der Waals surface area (Å²) in [6, 6.07) is 10.4. The van der Waals surface area contributed by atoms with Gasteiger partial charge in [0.25, 0.3) is 0 Å². The van der Waals surface area contributed by atoms with Crippen molar-refractivity contribution >= 4 is 5.78 Å². The zero-order valence-corrected chi connectivity index (χ0v) is 12.6. The molecule has 1 heterocycles. The van der Waals surface area contributed by atoms with E-state index in [0.29, 0.717) is 17.6 Å². The molecule has 2 nitrogen and oxygen atoms in total. The molecule has 0 bridgehead atoms. The Bertz CT molecular complexity index is 395. The van der Waals surface area contributed by atoms with Crippen molar-refractivity contribution < 1.29 is 4.79 Å². The van der Waals surface area contributed by atoms with E-state index in [1.165, 1.54) is 18.4 Å². The summed E-state index contributed by atoms with van der Waals surface area (Å²) in [6.45, 7) is 4.49. The molecule has 2 unspecified atom stereocenters. The largest absolute Gasteiger partial charge is 0.316 e. The molecule has 1 saturated heterocycles. The Morgan fingerprint density at radius 1 is 1.35 bits per heavy atom. The second-order valence-electron chi connectivity index (χ2n) is 6.17. The second kappa shape index (κ2) is 8.21. The number of benzene rings is 1. The van der Waals surface area contributed by atoms with Gasteiger partial charge in [-0.2, -0.15) is 0 Å². The summed E-state index contributed by atoms with van der Waals surface area (Å²) >= 11 is 0. The summed E-state index contributed by atoms with van der Waals surface area (Å²) in [6.07, 6.45) is 6.05. The molecule has 2 atom stereocenters. The molecule has 0 amide bonds. The van der Waals surface area contributed by atoms with Gasteiger partial charge in [0, 0.05) is 12.8 Å². The Hall–Kier alpha value is -1.15. The molecule has 1 N–H and O–H groups in total. The first-order chi connectivity index (χ1) is 9.75. The van der Waals surface area contributed by atoms with Crippen LogP contribution in [0.5, 0.6) is 0 Å². The maximum atomic E-state index is 12.1. The lowest BCUT2D eigenvalue weighted by Gasteiger charge is -2.28.